The molecule has 27 heavy (non-hydrogen) atoms. The van der Waals surface area contributed by atoms with Gasteiger partial charge >= 0.3 is 0 Å². The summed E-state index contributed by atoms with van der Waals surface area (Å²) in [6.07, 6.45) is 3.60. The first-order valence-corrected chi connectivity index (χ1v) is 9.46. The van der Waals surface area contributed by atoms with Crippen molar-refractivity contribution in [3.63, 3.8) is 0 Å². The fourth-order valence-electron chi connectivity index (χ4n) is 3.77. The van der Waals surface area contributed by atoms with Gasteiger partial charge < -0.3 is 0 Å². The van der Waals surface area contributed by atoms with Crippen LogP contribution in [0.25, 0.3) is 22.3 Å². The molecule has 4 rings (SSSR count). The van der Waals surface area contributed by atoms with Crippen LogP contribution in [0.15, 0.2) is 42.5 Å². The summed E-state index contributed by atoms with van der Waals surface area (Å²) in [5.74, 6) is -2.02. The molecule has 3 aromatic carbocycles. The Hall–Kier alpha value is -2.26. The van der Waals surface area contributed by atoms with Crippen LogP contribution in [0.2, 0.25) is 5.02 Å². The molecule has 0 nitrogen and oxygen atoms in total. The smallest absolute Gasteiger partial charge is 0.142 e. The van der Waals surface area contributed by atoms with E-state index in [0.717, 1.165) is 36.5 Å². The topological polar surface area (TPSA) is 0 Å². The van der Waals surface area contributed by atoms with Gasteiger partial charge in [0.2, 0.25) is 0 Å². The minimum atomic E-state index is -0.698. The van der Waals surface area contributed by atoms with Gasteiger partial charge in [0.05, 0.1) is 10.6 Å². The third kappa shape index (κ3) is 3.14. The first kappa shape index (κ1) is 18.1. The zero-order chi connectivity index (χ0) is 19.1. The number of aryl methyl sites for hydroxylation is 1. The highest BCUT2D eigenvalue weighted by atomic mass is 35.5. The summed E-state index contributed by atoms with van der Waals surface area (Å²) in [6, 6.07) is 11.2. The molecule has 1 aliphatic carbocycles. The van der Waals surface area contributed by atoms with Crippen molar-refractivity contribution in [1.82, 2.24) is 0 Å². The van der Waals surface area contributed by atoms with Gasteiger partial charge in [-0.05, 0) is 58.9 Å². The molecule has 0 saturated heterocycles. The van der Waals surface area contributed by atoms with E-state index in [9.17, 15) is 8.78 Å². The highest BCUT2D eigenvalue weighted by Gasteiger charge is 2.27. The first-order chi connectivity index (χ1) is 13.0. The molecule has 0 atom stereocenters. The molecule has 0 spiro atoms. The maximum Gasteiger partial charge on any atom is 0.142 e. The molecule has 0 radical (unpaired) electrons. The van der Waals surface area contributed by atoms with E-state index in [0.29, 0.717) is 17.5 Å². The molecule has 0 amide bonds. The van der Waals surface area contributed by atoms with Gasteiger partial charge in [0.15, 0.2) is 0 Å². The summed E-state index contributed by atoms with van der Waals surface area (Å²) in [4.78, 5) is 0. The van der Waals surface area contributed by atoms with Gasteiger partial charge in [0, 0.05) is 12.0 Å². The Bertz CT molecular complexity index is 1040. The second kappa shape index (κ2) is 7.05. The van der Waals surface area contributed by atoms with Crippen molar-refractivity contribution in [2.24, 2.45) is 0 Å². The van der Waals surface area contributed by atoms with Crippen molar-refractivity contribution in [2.45, 2.75) is 32.6 Å². The molecule has 0 aromatic heterocycles. The van der Waals surface area contributed by atoms with E-state index in [2.05, 4.69) is 13.0 Å². The van der Waals surface area contributed by atoms with Crippen molar-refractivity contribution in [2.75, 3.05) is 0 Å². The Kier molecular flexibility index (Phi) is 4.73. The Labute approximate surface area is 161 Å². The number of hydrogen-bond acceptors (Lipinski definition) is 0. The lowest BCUT2D eigenvalue weighted by atomic mass is 9.97. The van der Waals surface area contributed by atoms with E-state index >= 15 is 4.39 Å². The second-order valence-corrected chi connectivity index (χ2v) is 7.38. The zero-order valence-electron chi connectivity index (χ0n) is 14.9. The van der Waals surface area contributed by atoms with Gasteiger partial charge in [0.1, 0.15) is 17.5 Å². The molecule has 1 aliphatic rings. The summed E-state index contributed by atoms with van der Waals surface area (Å²) in [7, 11) is 0. The molecule has 0 aliphatic heterocycles. The van der Waals surface area contributed by atoms with Gasteiger partial charge in [-0.1, -0.05) is 49.2 Å². The average molecular weight is 387 g/mol. The van der Waals surface area contributed by atoms with Crippen molar-refractivity contribution >= 4 is 11.6 Å². The summed E-state index contributed by atoms with van der Waals surface area (Å²) in [5, 5.41) is -0.0762. The highest BCUT2D eigenvalue weighted by Crippen LogP contribution is 2.43. The first-order valence-electron chi connectivity index (χ1n) is 9.08. The number of rotatable bonds is 4. The maximum atomic E-state index is 15.2. The van der Waals surface area contributed by atoms with Gasteiger partial charge in [-0.3, -0.25) is 0 Å². The van der Waals surface area contributed by atoms with Crippen LogP contribution in [0.4, 0.5) is 13.2 Å². The largest absolute Gasteiger partial charge is 0.206 e. The maximum absolute atomic E-state index is 15.2. The van der Waals surface area contributed by atoms with Crippen molar-refractivity contribution in [3.8, 4) is 22.3 Å². The number of hydrogen-bond donors (Lipinski definition) is 0. The second-order valence-electron chi connectivity index (χ2n) is 6.97. The summed E-state index contributed by atoms with van der Waals surface area (Å²) in [6.45, 7) is 2.14. The van der Waals surface area contributed by atoms with Crippen LogP contribution in [-0.4, -0.2) is 0 Å². The predicted octanol–water partition coefficient (Wildman–Crippen LogP) is 7.34. The molecule has 0 N–H and O–H groups in total. The molecular formula is C23H18ClF3. The van der Waals surface area contributed by atoms with E-state index in [1.165, 1.54) is 23.8 Å². The normalized spacial score (nSPS) is 12.2. The Morgan fingerprint density at radius 2 is 1.74 bits per heavy atom. The third-order valence-electron chi connectivity index (χ3n) is 5.17. The fraction of sp³-hybridized carbons (Fsp3) is 0.217. The van der Waals surface area contributed by atoms with E-state index in [1.807, 2.05) is 12.1 Å². The van der Waals surface area contributed by atoms with Crippen molar-refractivity contribution in [1.29, 1.82) is 0 Å². The van der Waals surface area contributed by atoms with Gasteiger partial charge in [-0.2, -0.15) is 0 Å². The third-order valence-corrected chi connectivity index (χ3v) is 5.48. The summed E-state index contributed by atoms with van der Waals surface area (Å²) >= 11 is 5.69. The Balaban J connectivity index is 1.79. The molecule has 138 valence electrons. The molecule has 3 aromatic rings. The van der Waals surface area contributed by atoms with Crippen LogP contribution in [0.1, 0.15) is 36.5 Å². The average Bonchev–Trinajstić information content (AvgIpc) is 3.01. The molecule has 0 bridgehead atoms. The van der Waals surface area contributed by atoms with Crippen LogP contribution < -0.4 is 0 Å². The molecule has 4 heteroatoms. The summed E-state index contributed by atoms with van der Waals surface area (Å²) < 4.78 is 43.8. The summed E-state index contributed by atoms with van der Waals surface area (Å²) in [5.41, 5.74) is 4.08. The van der Waals surface area contributed by atoms with Crippen LogP contribution in [0, 0.1) is 17.5 Å². The standard InChI is InChI=1S/C23H18ClF3/c1-2-3-4-13-5-7-16-15(9-13)10-18-17(16)12-21(26)22(23(18)27)14-6-8-19(24)20(25)11-14/h5-9,11-12H,2-4,10H2,1H3. The Morgan fingerprint density at radius 1 is 0.926 bits per heavy atom. The highest BCUT2D eigenvalue weighted by molar-refractivity contribution is 6.30. The molecule has 0 saturated carbocycles. The van der Waals surface area contributed by atoms with Crippen LogP contribution >= 0.6 is 11.6 Å². The van der Waals surface area contributed by atoms with E-state index in [-0.39, 0.29) is 16.1 Å². The van der Waals surface area contributed by atoms with Crippen LogP contribution in [0.5, 0.6) is 0 Å². The lowest BCUT2D eigenvalue weighted by Crippen LogP contribution is -1.97. The van der Waals surface area contributed by atoms with Gasteiger partial charge in [-0.15, -0.1) is 0 Å². The number of fused-ring (bicyclic) bond motifs is 3. The van der Waals surface area contributed by atoms with Crippen LogP contribution in [-0.2, 0) is 12.8 Å². The molecule has 0 unspecified atom stereocenters. The van der Waals surface area contributed by atoms with E-state index < -0.39 is 17.5 Å². The van der Waals surface area contributed by atoms with E-state index in [4.69, 9.17) is 11.6 Å². The van der Waals surface area contributed by atoms with Gasteiger partial charge in [0.25, 0.3) is 0 Å². The SMILES string of the molecule is CCCCc1ccc2c(c1)Cc1c-2cc(F)c(-c2ccc(Cl)c(F)c2)c1F. The zero-order valence-corrected chi connectivity index (χ0v) is 15.6. The van der Waals surface area contributed by atoms with Gasteiger partial charge in [-0.25, -0.2) is 13.2 Å². The monoisotopic (exact) mass is 386 g/mol. The van der Waals surface area contributed by atoms with E-state index in [1.54, 1.807) is 0 Å². The van der Waals surface area contributed by atoms with Crippen molar-refractivity contribution in [3.05, 3.63) is 81.6 Å². The lowest BCUT2D eigenvalue weighted by molar-refractivity contribution is 0.582. The number of unbranched alkanes of at least 4 members (excludes halogenated alkanes) is 1. The number of benzene rings is 3. The lowest BCUT2D eigenvalue weighted by Gasteiger charge is -2.11. The number of halogens is 4. The molecule has 0 fully saturated rings. The molecule has 0 heterocycles. The van der Waals surface area contributed by atoms with Crippen molar-refractivity contribution < 1.29 is 13.2 Å². The minimum Gasteiger partial charge on any atom is -0.206 e. The molecular weight excluding hydrogens is 369 g/mol. The van der Waals surface area contributed by atoms with Crippen LogP contribution in [0.3, 0.4) is 0 Å². The minimum absolute atomic E-state index is 0.0762. The Morgan fingerprint density at radius 3 is 2.48 bits per heavy atom. The fourth-order valence-corrected chi connectivity index (χ4v) is 3.89. The quantitative estimate of drug-likeness (QED) is 0.344. The predicted molar refractivity (Wildman–Crippen MR) is 104 cm³/mol.